The number of fused-ring (bicyclic) bond motifs is 13. The molecule has 88 heavy (non-hydrogen) atoms. The number of aromatic nitrogens is 6. The van der Waals surface area contributed by atoms with Crippen LogP contribution in [-0.4, -0.2) is 117 Å². The number of amides is 10. The van der Waals surface area contributed by atoms with Crippen molar-refractivity contribution in [3.8, 4) is 22.0 Å². The maximum absolute atomic E-state index is 13.9. The number of carbonyl (C=O) groups excluding carboxylic acids is 10. The lowest BCUT2D eigenvalue weighted by Crippen LogP contribution is -2.52. The van der Waals surface area contributed by atoms with Crippen LogP contribution in [0.3, 0.4) is 0 Å². The fourth-order valence-electron chi connectivity index (χ4n) is 7.06. The average molecular weight is 1270 g/mol. The molecule has 1 aliphatic heterocycles. The van der Waals surface area contributed by atoms with Crippen LogP contribution in [0.1, 0.15) is 108 Å². The second-order valence-electron chi connectivity index (χ2n) is 18.7. The van der Waals surface area contributed by atoms with Gasteiger partial charge in [-0.15, -0.1) is 34.0 Å². The van der Waals surface area contributed by atoms with Crippen molar-refractivity contribution in [1.29, 1.82) is 0 Å². The molecule has 34 heteroatoms. The summed E-state index contributed by atoms with van der Waals surface area (Å²) in [4.78, 5) is 170. The van der Waals surface area contributed by atoms with Gasteiger partial charge >= 0.3 is 5.97 Å². The molecule has 2 unspecified atom stereocenters. The number of thiazole rings is 3. The predicted molar refractivity (Wildman–Crippen MR) is 312 cm³/mol. The third kappa shape index (κ3) is 15.9. The lowest BCUT2D eigenvalue weighted by molar-refractivity contribution is -0.134. The highest BCUT2D eigenvalue weighted by atomic mass is 32.1. The molecule has 10 amide bonds. The smallest absolute Gasteiger partial charge is 0.351 e. The molecule has 3 atom stereocenters. The summed E-state index contributed by atoms with van der Waals surface area (Å²) < 4.78 is 11.3. The van der Waals surface area contributed by atoms with Gasteiger partial charge in [0.2, 0.25) is 17.7 Å². The quantitative estimate of drug-likeness (QED) is 0.0652. The first-order chi connectivity index (χ1) is 41.6. The Balaban J connectivity index is 1.17. The Morgan fingerprint density at radius 3 is 1.86 bits per heavy atom. The molecule has 7 heterocycles. The molecule has 6 aromatic heterocycles. The molecule has 7 rings (SSSR count). The van der Waals surface area contributed by atoms with Crippen LogP contribution in [0.25, 0.3) is 33.4 Å². The number of carbonyl (C=O) groups is 11. The summed E-state index contributed by atoms with van der Waals surface area (Å²) in [5, 5.41) is 48.1. The van der Waals surface area contributed by atoms with Crippen LogP contribution in [0.5, 0.6) is 0 Å². The molecule has 0 aromatic carbocycles. The number of nitrogens with one attached hydrogen (secondary N) is 10. The number of allylic oxidation sites excluding steroid dienone is 1. The standard InChI is InChI=1S/C54H50N16O15S3/c1-20(2)13-31-51-67-33(16-85-51)44(76)55-14-37-63-34(17-86-37)46(78)61-26(8)52-68-35(18-87-52)47(79)59-24(6)42(74)60-25(7)50-66-32(15-84-50)39-29(53-69-36(19-88-53)48(80)70-38(28(10)71)49(81)65-31)11-12-30(64-39)45(77)58-23(5)41(73)56-21(3)40(72)57-22(4)43(75)62-27(9)54(82)83/h11-13,15-20,26,28,38,71H,3-7,9,14H2,1-2,8,10H3,(H,55,76)(H,56,73)(H,57,72)(H,58,77)(H,59,79)(H,60,74)(H,61,78)(H,62,75)(H,65,81)(H,70,80)(H,82,83)/b31-13+/t26?,28?,38-/m0/s1/i3+1,4+1,5+1,6+1,7+1,8+1,9+1,10+1,11+1,12+1,16+1,17+1,18+1,19+1,28+1. The Bertz CT molecular complexity index is 4010. The molecule has 10 bridgehead atoms. The van der Waals surface area contributed by atoms with Crippen LogP contribution in [0.4, 0.5) is 0 Å². The van der Waals surface area contributed by atoms with E-state index in [1.165, 1.54) is 35.2 Å². The largest absolute Gasteiger partial charge is 0.477 e. The van der Waals surface area contributed by atoms with Gasteiger partial charge < -0.3 is 72.2 Å². The van der Waals surface area contributed by atoms with E-state index in [1.807, 2.05) is 10.6 Å². The summed E-state index contributed by atoms with van der Waals surface area (Å²) in [6.45, 7) is 27.1. The van der Waals surface area contributed by atoms with Crippen LogP contribution in [0.15, 0.2) is 124 Å². The highest BCUT2D eigenvalue weighted by Crippen LogP contribution is 2.34. The number of hydrogen-bond acceptors (Lipinski definition) is 23. The van der Waals surface area contributed by atoms with E-state index < -0.39 is 117 Å². The fourth-order valence-corrected chi connectivity index (χ4v) is 9.41. The monoisotopic (exact) mass is 1270 g/mol. The zero-order valence-electron chi connectivity index (χ0n) is 46.5. The second kappa shape index (κ2) is 27.7. The molecule has 0 spiro atoms. The third-order valence-electron chi connectivity index (χ3n) is 11.5. The van der Waals surface area contributed by atoms with Crippen molar-refractivity contribution in [2.75, 3.05) is 0 Å². The van der Waals surface area contributed by atoms with Crippen molar-refractivity contribution >= 4 is 110 Å². The Hall–Kier alpha value is -11.2. The number of aliphatic hydroxyl groups is 1. The highest BCUT2D eigenvalue weighted by molar-refractivity contribution is 7.13. The Kier molecular flexibility index (Phi) is 20.2. The van der Waals surface area contributed by atoms with Gasteiger partial charge in [0.05, 0.1) is 47.2 Å². The maximum atomic E-state index is 13.9. The first kappa shape index (κ1) is 64.3. The van der Waals surface area contributed by atoms with E-state index in [2.05, 4.69) is 112 Å². The minimum Gasteiger partial charge on any atom is -0.477 e. The normalized spacial score (nSPS) is 16.1. The Morgan fingerprint density at radius 2 is 1.20 bits per heavy atom. The first-order valence-corrected chi connectivity index (χ1v) is 27.9. The van der Waals surface area contributed by atoms with E-state index in [-0.39, 0.29) is 80.4 Å². The number of aliphatic carboxylic acids is 1. The van der Waals surface area contributed by atoms with Gasteiger partial charge in [0.15, 0.2) is 5.69 Å². The molecule has 0 saturated carbocycles. The molecule has 454 valence electrons. The molecular formula is C54H50N16O15S3. The van der Waals surface area contributed by atoms with E-state index >= 15 is 0 Å². The predicted octanol–water partition coefficient (Wildman–Crippen LogP) is 2.04. The van der Waals surface area contributed by atoms with Crippen molar-refractivity contribution in [3.63, 3.8) is 0 Å². The average Bonchev–Trinajstić information content (AvgIpc) is 4.38. The third-order valence-corrected chi connectivity index (χ3v) is 14.2. The lowest BCUT2D eigenvalue weighted by atomic mass is 10.2. The van der Waals surface area contributed by atoms with Gasteiger partial charge in [-0.2, -0.15) is 0 Å². The number of hydrogen-bond donors (Lipinski definition) is 12. The minimum atomic E-state index is -1.64. The van der Waals surface area contributed by atoms with Gasteiger partial charge in [-0.25, -0.2) is 34.7 Å². The van der Waals surface area contributed by atoms with Crippen molar-refractivity contribution in [2.24, 2.45) is 5.92 Å². The summed E-state index contributed by atoms with van der Waals surface area (Å²) >= 11 is 3.00. The van der Waals surface area contributed by atoms with Gasteiger partial charge in [-0.1, -0.05) is 59.4 Å². The van der Waals surface area contributed by atoms with Crippen molar-refractivity contribution in [3.05, 3.63) is 165 Å². The van der Waals surface area contributed by atoms with Crippen LogP contribution >= 0.6 is 34.0 Å². The van der Waals surface area contributed by atoms with Crippen LogP contribution in [0.2, 0.25) is 0 Å². The van der Waals surface area contributed by atoms with Crippen LogP contribution in [0, 0.1) is 5.92 Å². The highest BCUT2D eigenvalue weighted by Gasteiger charge is 2.31. The van der Waals surface area contributed by atoms with E-state index in [0.717, 1.165) is 46.5 Å². The Morgan fingerprint density at radius 1 is 0.636 bits per heavy atom. The fraction of sp³-hybridized carbons (Fsp3) is 0.167. The molecule has 0 saturated heterocycles. The number of rotatable bonds is 11. The summed E-state index contributed by atoms with van der Waals surface area (Å²) in [6, 6.07) is 0.138. The van der Waals surface area contributed by atoms with Crippen molar-refractivity contribution in [2.45, 2.75) is 52.4 Å². The molecule has 0 fully saturated rings. The molecule has 0 radical (unpaired) electrons. The Labute approximate surface area is 508 Å². The number of aliphatic hydroxyl groups excluding tert-OH is 1. The van der Waals surface area contributed by atoms with Crippen molar-refractivity contribution in [1.82, 2.24) is 83.1 Å². The topological polar surface area (TPSA) is 452 Å². The zero-order chi connectivity index (χ0) is 64.4. The summed E-state index contributed by atoms with van der Waals surface area (Å²) in [5.41, 5.74) is -4.69. The number of carboxylic acid groups (broad SMARTS) is 1. The van der Waals surface area contributed by atoms with E-state index in [9.17, 15) is 57.8 Å². The van der Waals surface area contributed by atoms with Crippen LogP contribution in [-0.2, 0) is 35.3 Å². The number of carboxylic acids is 1. The number of pyridine rings is 1. The molecule has 12 N–H and O–H groups in total. The lowest BCUT2D eigenvalue weighted by Gasteiger charge is -2.21. The first-order valence-electron chi connectivity index (χ1n) is 25.2. The minimum absolute atomic E-state index is 0.0193. The second-order valence-corrected chi connectivity index (χ2v) is 21.4. The van der Waals surface area contributed by atoms with Crippen LogP contribution < -0.4 is 53.2 Å². The van der Waals surface area contributed by atoms with Gasteiger partial charge in [-0.3, -0.25) is 47.9 Å². The SMILES string of the molecule is CC(C)/C=C1/NC(=O)[C@H]([13CH]([13CH3])O)NC(=O)c2[13cH]sc(n2)-c2[13cH][13cH]c(C(=O)NC(=[13CH2])C(=O)NC(=[13CH2])C(=O)NC(=[13CH2])C(=O)NC(=[13CH2])C(=O)O)nc2-c2coc(n2)C(=[13CH2])NC(=O)C(=[13CH2])NC(=O)c2[13cH]sc(n2)C([13CH3])NC(=O)c2[13cH]sc(n2)CNC(=O)c2[13cH]oc1n2. The molecule has 0 aliphatic carbocycles. The number of nitrogens with zero attached hydrogens (tertiary/aromatic N) is 6. The summed E-state index contributed by atoms with van der Waals surface area (Å²) in [5.74, 6) is -11.9. The molecular weight excluding hydrogens is 1220 g/mol. The van der Waals surface area contributed by atoms with Gasteiger partial charge in [-0.05, 0) is 31.9 Å². The maximum Gasteiger partial charge on any atom is 0.351 e. The van der Waals surface area contributed by atoms with Gasteiger partial charge in [0.25, 0.3) is 53.2 Å². The summed E-state index contributed by atoms with van der Waals surface area (Å²) in [7, 11) is 0. The van der Waals surface area contributed by atoms with E-state index in [0.29, 0.717) is 10.0 Å². The molecule has 1 aliphatic rings. The van der Waals surface area contributed by atoms with Crippen molar-refractivity contribution < 1.29 is 71.8 Å². The van der Waals surface area contributed by atoms with Gasteiger partial charge in [0.1, 0.15) is 79.1 Å². The van der Waals surface area contributed by atoms with Gasteiger partial charge in [0, 0.05) is 21.7 Å². The van der Waals surface area contributed by atoms with E-state index in [1.54, 1.807) is 26.8 Å². The van der Waals surface area contributed by atoms with E-state index in [4.69, 9.17) is 13.9 Å². The molecule has 31 nitrogen and oxygen atoms in total. The number of oxazole rings is 2. The molecule has 6 aromatic rings. The summed E-state index contributed by atoms with van der Waals surface area (Å²) in [6.07, 6.45) is 2.12. The zero-order valence-corrected chi connectivity index (χ0v) is 48.9.